The first-order chi connectivity index (χ1) is 9.69. The summed E-state index contributed by atoms with van der Waals surface area (Å²) in [5, 5.41) is 0. The van der Waals surface area contributed by atoms with Crippen LogP contribution in [0.1, 0.15) is 20.3 Å². The zero-order chi connectivity index (χ0) is 15.8. The molecule has 1 aliphatic rings. The number of sulfonamides is 1. The largest absolute Gasteiger partial charge is 0.495 e. The number of anilines is 1. The normalized spacial score (nSPS) is 26.0. The lowest BCUT2D eigenvalue weighted by atomic mass is 9.97. The molecule has 2 rings (SSSR count). The van der Waals surface area contributed by atoms with Crippen LogP contribution in [-0.4, -0.2) is 33.8 Å². The van der Waals surface area contributed by atoms with E-state index in [2.05, 4.69) is 20.7 Å². The number of benzene rings is 1. The maximum atomic E-state index is 12.7. The first kappa shape index (κ1) is 16.5. The van der Waals surface area contributed by atoms with Crippen LogP contribution < -0.4 is 15.2 Å². The molecule has 21 heavy (non-hydrogen) atoms. The van der Waals surface area contributed by atoms with Crippen molar-refractivity contribution in [2.75, 3.05) is 19.5 Å². The Labute approximate surface area is 133 Å². The second kappa shape index (κ2) is 5.75. The molecule has 1 aromatic carbocycles. The Bertz CT molecular complexity index is 650. The lowest BCUT2D eigenvalue weighted by molar-refractivity contribution is 0.0957. The summed E-state index contributed by atoms with van der Waals surface area (Å²) in [5.41, 5.74) is 5.47. The quantitative estimate of drug-likeness (QED) is 0.780. The topological polar surface area (TPSA) is 90.7 Å². The van der Waals surface area contributed by atoms with E-state index in [0.29, 0.717) is 23.2 Å². The number of ether oxygens (including phenoxy) is 2. The molecule has 2 unspecified atom stereocenters. The van der Waals surface area contributed by atoms with E-state index in [1.165, 1.54) is 13.2 Å². The Morgan fingerprint density at radius 3 is 2.71 bits per heavy atom. The van der Waals surface area contributed by atoms with Gasteiger partial charge in [-0.15, -0.1) is 0 Å². The molecule has 6 nitrogen and oxygen atoms in total. The van der Waals surface area contributed by atoms with E-state index in [-0.39, 0.29) is 16.7 Å². The molecule has 1 saturated heterocycles. The maximum Gasteiger partial charge on any atom is 0.244 e. The smallest absolute Gasteiger partial charge is 0.244 e. The summed E-state index contributed by atoms with van der Waals surface area (Å²) in [6.07, 6.45) is 0.410. The standard InChI is InChI=1S/C13H19BrN2O4S/c1-8-13(2,4-5-20-8)16-21(17,18)12-7-10(15)9(14)6-11(12)19-3/h6-8,16H,4-5,15H2,1-3H3. The Morgan fingerprint density at radius 1 is 1.52 bits per heavy atom. The molecule has 8 heteroatoms. The Kier molecular flexibility index (Phi) is 4.53. The number of nitrogen functional groups attached to an aromatic ring is 1. The van der Waals surface area contributed by atoms with E-state index in [9.17, 15) is 8.42 Å². The van der Waals surface area contributed by atoms with Crippen molar-refractivity contribution in [2.24, 2.45) is 0 Å². The van der Waals surface area contributed by atoms with Gasteiger partial charge >= 0.3 is 0 Å². The molecule has 2 atom stereocenters. The molecule has 1 aromatic rings. The first-order valence-electron chi connectivity index (χ1n) is 6.48. The predicted molar refractivity (Wildman–Crippen MR) is 83.9 cm³/mol. The lowest BCUT2D eigenvalue weighted by Gasteiger charge is -2.28. The van der Waals surface area contributed by atoms with Crippen LogP contribution in [0.25, 0.3) is 0 Å². The van der Waals surface area contributed by atoms with E-state index in [0.717, 1.165) is 0 Å². The fourth-order valence-corrected chi connectivity index (χ4v) is 4.25. The number of nitrogens with two attached hydrogens (primary N) is 1. The van der Waals surface area contributed by atoms with Crippen LogP contribution in [0.2, 0.25) is 0 Å². The molecule has 118 valence electrons. The Balaban J connectivity index is 2.42. The fourth-order valence-electron chi connectivity index (χ4n) is 2.25. The highest BCUT2D eigenvalue weighted by Gasteiger charge is 2.41. The molecule has 1 fully saturated rings. The van der Waals surface area contributed by atoms with Crippen molar-refractivity contribution in [1.82, 2.24) is 4.72 Å². The van der Waals surface area contributed by atoms with E-state index in [1.54, 1.807) is 6.07 Å². The molecule has 1 heterocycles. The third-order valence-electron chi connectivity index (χ3n) is 3.83. The zero-order valence-electron chi connectivity index (χ0n) is 12.1. The minimum Gasteiger partial charge on any atom is -0.495 e. The number of hydrogen-bond acceptors (Lipinski definition) is 5. The van der Waals surface area contributed by atoms with Crippen LogP contribution in [0.5, 0.6) is 5.75 Å². The van der Waals surface area contributed by atoms with Crippen molar-refractivity contribution in [3.63, 3.8) is 0 Å². The van der Waals surface area contributed by atoms with E-state index >= 15 is 0 Å². The van der Waals surface area contributed by atoms with Crippen LogP contribution in [-0.2, 0) is 14.8 Å². The van der Waals surface area contributed by atoms with Crippen molar-refractivity contribution >= 4 is 31.6 Å². The third-order valence-corrected chi connectivity index (χ3v) is 6.15. The van der Waals surface area contributed by atoms with Crippen LogP contribution >= 0.6 is 15.9 Å². The van der Waals surface area contributed by atoms with Crippen molar-refractivity contribution in [1.29, 1.82) is 0 Å². The highest BCUT2D eigenvalue weighted by molar-refractivity contribution is 9.10. The van der Waals surface area contributed by atoms with Crippen molar-refractivity contribution in [3.05, 3.63) is 16.6 Å². The Morgan fingerprint density at radius 2 is 2.19 bits per heavy atom. The van der Waals surface area contributed by atoms with Crippen LogP contribution in [0.3, 0.4) is 0 Å². The van der Waals surface area contributed by atoms with Gasteiger partial charge < -0.3 is 15.2 Å². The summed E-state index contributed by atoms with van der Waals surface area (Å²) >= 11 is 3.26. The average molecular weight is 379 g/mol. The zero-order valence-corrected chi connectivity index (χ0v) is 14.5. The summed E-state index contributed by atoms with van der Waals surface area (Å²) in [6, 6.07) is 2.93. The minimum atomic E-state index is -3.77. The van der Waals surface area contributed by atoms with Gasteiger partial charge in [0.1, 0.15) is 10.6 Å². The maximum absolute atomic E-state index is 12.7. The number of nitrogens with one attached hydrogen (secondary N) is 1. The molecular formula is C13H19BrN2O4S. The van der Waals surface area contributed by atoms with E-state index in [1.807, 2.05) is 13.8 Å². The number of rotatable bonds is 4. The molecule has 0 amide bonds. The number of hydrogen-bond donors (Lipinski definition) is 2. The fraction of sp³-hybridized carbons (Fsp3) is 0.538. The summed E-state index contributed by atoms with van der Waals surface area (Å²) in [4.78, 5) is 0.0195. The van der Waals surface area contributed by atoms with Gasteiger partial charge in [0.2, 0.25) is 10.0 Å². The third kappa shape index (κ3) is 3.18. The van der Waals surface area contributed by atoms with Gasteiger partial charge in [-0.05, 0) is 48.3 Å². The van der Waals surface area contributed by atoms with Gasteiger partial charge in [0, 0.05) is 16.8 Å². The second-order valence-electron chi connectivity index (χ2n) is 5.31. The van der Waals surface area contributed by atoms with Crippen LogP contribution in [0.4, 0.5) is 5.69 Å². The highest BCUT2D eigenvalue weighted by Crippen LogP contribution is 2.34. The molecule has 0 bridgehead atoms. The van der Waals surface area contributed by atoms with E-state index < -0.39 is 15.6 Å². The molecule has 3 N–H and O–H groups in total. The molecule has 0 aromatic heterocycles. The number of halogens is 1. The Hall–Kier alpha value is -0.830. The van der Waals surface area contributed by atoms with Crippen molar-refractivity contribution in [2.45, 2.75) is 36.8 Å². The van der Waals surface area contributed by atoms with Gasteiger partial charge in [-0.2, -0.15) is 0 Å². The first-order valence-corrected chi connectivity index (χ1v) is 8.76. The van der Waals surface area contributed by atoms with Crippen LogP contribution in [0, 0.1) is 0 Å². The van der Waals surface area contributed by atoms with Crippen molar-refractivity contribution in [3.8, 4) is 5.75 Å². The lowest BCUT2D eigenvalue weighted by Crippen LogP contribution is -2.50. The number of methoxy groups -OCH3 is 1. The van der Waals surface area contributed by atoms with Gasteiger partial charge in [-0.25, -0.2) is 13.1 Å². The predicted octanol–water partition coefficient (Wildman–Crippen LogP) is 1.89. The SMILES string of the molecule is COc1cc(Br)c(N)cc1S(=O)(=O)NC1(C)CCOC1C. The molecule has 0 saturated carbocycles. The van der Waals surface area contributed by atoms with Gasteiger partial charge in [0.25, 0.3) is 0 Å². The second-order valence-corrected chi connectivity index (χ2v) is 7.82. The molecule has 1 aliphatic heterocycles. The summed E-state index contributed by atoms with van der Waals surface area (Å²) in [5.74, 6) is 0.235. The van der Waals surface area contributed by atoms with E-state index in [4.69, 9.17) is 15.2 Å². The molecule has 0 aliphatic carbocycles. The monoisotopic (exact) mass is 378 g/mol. The minimum absolute atomic E-state index is 0.0195. The van der Waals surface area contributed by atoms with Gasteiger partial charge in [0.05, 0.1) is 18.8 Å². The van der Waals surface area contributed by atoms with Crippen LogP contribution in [0.15, 0.2) is 21.5 Å². The molecule has 0 spiro atoms. The average Bonchev–Trinajstić information content (AvgIpc) is 2.71. The van der Waals surface area contributed by atoms with Crippen molar-refractivity contribution < 1.29 is 17.9 Å². The summed E-state index contributed by atoms with van der Waals surface area (Å²) in [6.45, 7) is 4.21. The molecule has 0 radical (unpaired) electrons. The summed E-state index contributed by atoms with van der Waals surface area (Å²) in [7, 11) is -2.36. The highest BCUT2D eigenvalue weighted by atomic mass is 79.9. The molecular weight excluding hydrogens is 360 g/mol. The van der Waals surface area contributed by atoms with Gasteiger partial charge in [-0.3, -0.25) is 0 Å². The van der Waals surface area contributed by atoms with Gasteiger partial charge in [-0.1, -0.05) is 0 Å². The summed E-state index contributed by atoms with van der Waals surface area (Å²) < 4.78 is 39.2. The van der Waals surface area contributed by atoms with Gasteiger partial charge in [0.15, 0.2) is 0 Å².